The third-order valence-electron chi connectivity index (χ3n) is 5.57. The van der Waals surface area contributed by atoms with Crippen molar-refractivity contribution in [2.75, 3.05) is 26.2 Å². The minimum atomic E-state index is -0.391. The summed E-state index contributed by atoms with van der Waals surface area (Å²) in [5.74, 6) is 0.105. The SMILES string of the molecule is CC[C@H]1CN(Cc2cc(Cl)cc([N+](=O)[O-])c2C)CCN1C(=O)[C@H]1CCCO1. The summed E-state index contributed by atoms with van der Waals surface area (Å²) in [5.41, 5.74) is 1.56. The molecule has 2 fully saturated rings. The summed E-state index contributed by atoms with van der Waals surface area (Å²) in [6.45, 7) is 7.23. The van der Waals surface area contributed by atoms with E-state index < -0.39 is 4.92 Å². The topological polar surface area (TPSA) is 75.9 Å². The molecule has 1 amide bonds. The van der Waals surface area contributed by atoms with E-state index in [0.717, 1.165) is 37.9 Å². The second-order valence-corrected chi connectivity index (χ2v) is 7.73. The molecule has 1 aromatic rings. The Bertz CT molecular complexity index is 721. The van der Waals surface area contributed by atoms with Crippen LogP contribution in [0.15, 0.2) is 12.1 Å². The number of halogens is 1. The lowest BCUT2D eigenvalue weighted by molar-refractivity contribution is -0.385. The Morgan fingerprint density at radius 3 is 2.81 bits per heavy atom. The van der Waals surface area contributed by atoms with Gasteiger partial charge in [0.15, 0.2) is 0 Å². The van der Waals surface area contributed by atoms with E-state index in [4.69, 9.17) is 16.3 Å². The van der Waals surface area contributed by atoms with Gasteiger partial charge < -0.3 is 9.64 Å². The molecule has 2 aliphatic rings. The van der Waals surface area contributed by atoms with Crippen molar-refractivity contribution in [3.05, 3.63) is 38.4 Å². The summed E-state index contributed by atoms with van der Waals surface area (Å²) >= 11 is 6.09. The fourth-order valence-electron chi connectivity index (χ4n) is 3.97. The highest BCUT2D eigenvalue weighted by Gasteiger charge is 2.35. The smallest absolute Gasteiger partial charge is 0.274 e. The molecule has 0 bridgehead atoms. The van der Waals surface area contributed by atoms with E-state index in [-0.39, 0.29) is 23.7 Å². The molecule has 27 heavy (non-hydrogen) atoms. The van der Waals surface area contributed by atoms with Gasteiger partial charge in [-0.3, -0.25) is 19.8 Å². The Morgan fingerprint density at radius 2 is 2.19 bits per heavy atom. The summed E-state index contributed by atoms with van der Waals surface area (Å²) in [5, 5.41) is 11.6. The number of nitrogens with zero attached hydrogens (tertiary/aromatic N) is 3. The number of amides is 1. The lowest BCUT2D eigenvalue weighted by atomic mass is 10.0. The summed E-state index contributed by atoms with van der Waals surface area (Å²) in [6, 6.07) is 3.33. The molecule has 0 saturated carbocycles. The number of nitro groups is 1. The Kier molecular flexibility index (Phi) is 6.34. The fourth-order valence-corrected chi connectivity index (χ4v) is 4.21. The van der Waals surface area contributed by atoms with Crippen LogP contribution in [0.1, 0.15) is 37.3 Å². The van der Waals surface area contributed by atoms with Crippen LogP contribution in [0.4, 0.5) is 5.69 Å². The molecular formula is C19H26ClN3O4. The quantitative estimate of drug-likeness (QED) is 0.565. The number of piperazine rings is 1. The second-order valence-electron chi connectivity index (χ2n) is 7.30. The van der Waals surface area contributed by atoms with Gasteiger partial charge in [0, 0.05) is 55.5 Å². The number of ether oxygens (including phenoxy) is 1. The molecule has 0 aliphatic carbocycles. The van der Waals surface area contributed by atoms with Crippen LogP contribution in [0, 0.1) is 17.0 Å². The van der Waals surface area contributed by atoms with Gasteiger partial charge in [0.2, 0.25) is 0 Å². The van der Waals surface area contributed by atoms with Crippen LogP contribution < -0.4 is 0 Å². The average molecular weight is 396 g/mol. The first-order valence-corrected chi connectivity index (χ1v) is 9.86. The molecule has 2 saturated heterocycles. The summed E-state index contributed by atoms with van der Waals surface area (Å²) in [7, 11) is 0. The third-order valence-corrected chi connectivity index (χ3v) is 5.79. The van der Waals surface area contributed by atoms with Crippen LogP contribution in [-0.4, -0.2) is 59.0 Å². The van der Waals surface area contributed by atoms with Crippen LogP contribution in [-0.2, 0) is 16.1 Å². The number of rotatable bonds is 5. The summed E-state index contributed by atoms with van der Waals surface area (Å²) in [4.78, 5) is 27.8. The molecule has 2 heterocycles. The van der Waals surface area contributed by atoms with Crippen LogP contribution in [0.3, 0.4) is 0 Å². The highest BCUT2D eigenvalue weighted by atomic mass is 35.5. The van der Waals surface area contributed by atoms with Gasteiger partial charge in [-0.05, 0) is 37.8 Å². The average Bonchev–Trinajstić information content (AvgIpc) is 3.18. The van der Waals surface area contributed by atoms with Gasteiger partial charge in [0.05, 0.1) is 4.92 Å². The van der Waals surface area contributed by atoms with E-state index in [2.05, 4.69) is 11.8 Å². The van der Waals surface area contributed by atoms with Crippen molar-refractivity contribution >= 4 is 23.2 Å². The molecule has 0 radical (unpaired) electrons. The van der Waals surface area contributed by atoms with Gasteiger partial charge in [0.25, 0.3) is 11.6 Å². The van der Waals surface area contributed by atoms with Crippen LogP contribution in [0.25, 0.3) is 0 Å². The predicted octanol–water partition coefficient (Wildman–Crippen LogP) is 3.16. The van der Waals surface area contributed by atoms with E-state index in [0.29, 0.717) is 30.3 Å². The molecular weight excluding hydrogens is 370 g/mol. The Labute approximate surface area is 164 Å². The zero-order valence-electron chi connectivity index (χ0n) is 15.8. The molecule has 8 heteroatoms. The number of nitro benzene ring substituents is 1. The van der Waals surface area contributed by atoms with Crippen molar-refractivity contribution in [3.63, 3.8) is 0 Å². The number of hydrogen-bond donors (Lipinski definition) is 0. The molecule has 0 aromatic heterocycles. The van der Waals surface area contributed by atoms with Crippen LogP contribution >= 0.6 is 11.6 Å². The first kappa shape index (κ1) is 20.0. The maximum Gasteiger partial charge on any atom is 0.274 e. The Balaban J connectivity index is 1.70. The van der Waals surface area contributed by atoms with E-state index in [1.165, 1.54) is 6.07 Å². The minimum Gasteiger partial charge on any atom is -0.368 e. The first-order valence-electron chi connectivity index (χ1n) is 9.48. The molecule has 2 aliphatic heterocycles. The van der Waals surface area contributed by atoms with Gasteiger partial charge >= 0.3 is 0 Å². The minimum absolute atomic E-state index is 0.0525. The van der Waals surface area contributed by atoms with Crippen molar-refractivity contribution in [1.29, 1.82) is 0 Å². The molecule has 0 spiro atoms. The predicted molar refractivity (Wildman–Crippen MR) is 103 cm³/mol. The van der Waals surface area contributed by atoms with Crippen LogP contribution in [0.2, 0.25) is 5.02 Å². The van der Waals surface area contributed by atoms with Crippen molar-refractivity contribution in [1.82, 2.24) is 9.80 Å². The lowest BCUT2D eigenvalue weighted by Gasteiger charge is -2.42. The van der Waals surface area contributed by atoms with Crippen molar-refractivity contribution in [3.8, 4) is 0 Å². The Morgan fingerprint density at radius 1 is 1.41 bits per heavy atom. The standard InChI is InChI=1S/C19H26ClN3O4/c1-3-16-12-21(6-7-22(16)19(24)18-5-4-8-27-18)11-14-9-15(20)10-17(13(14)2)23(25)26/h9-10,16,18H,3-8,11-12H2,1-2H3/t16-,18+/m0/s1. The molecule has 0 unspecified atom stereocenters. The van der Waals surface area contributed by atoms with Gasteiger partial charge in [0.1, 0.15) is 6.10 Å². The third kappa shape index (κ3) is 4.42. The normalized spacial score (nSPS) is 23.6. The zero-order chi connectivity index (χ0) is 19.6. The lowest BCUT2D eigenvalue weighted by Crippen LogP contribution is -2.56. The van der Waals surface area contributed by atoms with Crippen molar-refractivity contribution < 1.29 is 14.5 Å². The molecule has 148 valence electrons. The van der Waals surface area contributed by atoms with Gasteiger partial charge in [-0.25, -0.2) is 0 Å². The highest BCUT2D eigenvalue weighted by Crippen LogP contribution is 2.28. The monoisotopic (exact) mass is 395 g/mol. The molecule has 3 rings (SSSR count). The fraction of sp³-hybridized carbons (Fsp3) is 0.632. The van der Waals surface area contributed by atoms with E-state index in [1.54, 1.807) is 13.0 Å². The first-order chi connectivity index (χ1) is 12.9. The zero-order valence-corrected chi connectivity index (χ0v) is 16.6. The highest BCUT2D eigenvalue weighted by molar-refractivity contribution is 6.30. The van der Waals surface area contributed by atoms with Crippen molar-refractivity contribution in [2.24, 2.45) is 0 Å². The number of benzene rings is 1. The molecule has 1 aromatic carbocycles. The van der Waals surface area contributed by atoms with Gasteiger partial charge in [-0.2, -0.15) is 0 Å². The van der Waals surface area contributed by atoms with Gasteiger partial charge in [-0.1, -0.05) is 18.5 Å². The van der Waals surface area contributed by atoms with E-state index in [9.17, 15) is 14.9 Å². The van der Waals surface area contributed by atoms with E-state index >= 15 is 0 Å². The molecule has 0 N–H and O–H groups in total. The molecule has 2 atom stereocenters. The maximum absolute atomic E-state index is 12.7. The Hall–Kier alpha value is -1.70. The summed E-state index contributed by atoms with van der Waals surface area (Å²) in [6.07, 6.45) is 2.33. The number of carbonyl (C=O) groups is 1. The number of carbonyl (C=O) groups excluding carboxylic acids is 1. The van der Waals surface area contributed by atoms with Crippen LogP contribution in [0.5, 0.6) is 0 Å². The van der Waals surface area contributed by atoms with Gasteiger partial charge in [-0.15, -0.1) is 0 Å². The largest absolute Gasteiger partial charge is 0.368 e. The summed E-state index contributed by atoms with van der Waals surface area (Å²) < 4.78 is 5.56. The maximum atomic E-state index is 12.7. The van der Waals surface area contributed by atoms with E-state index in [1.807, 2.05) is 4.90 Å². The molecule has 7 nitrogen and oxygen atoms in total. The second kappa shape index (κ2) is 8.54. The number of hydrogen-bond acceptors (Lipinski definition) is 5. The van der Waals surface area contributed by atoms with Crippen molar-refractivity contribution in [2.45, 2.75) is 51.8 Å².